The zero-order valence-corrected chi connectivity index (χ0v) is 11.3. The van der Waals surface area contributed by atoms with Crippen molar-refractivity contribution in [3.05, 3.63) is 21.9 Å². The number of piperidine rings is 1. The molecule has 17 heavy (non-hydrogen) atoms. The Morgan fingerprint density at radius 1 is 1.59 bits per heavy atom. The van der Waals surface area contributed by atoms with Crippen LogP contribution in [-0.4, -0.2) is 29.9 Å². The number of aryl methyl sites for hydroxylation is 1. The van der Waals surface area contributed by atoms with Gasteiger partial charge in [0.15, 0.2) is 0 Å². The lowest BCUT2D eigenvalue weighted by Gasteiger charge is -2.39. The lowest BCUT2D eigenvalue weighted by Crippen LogP contribution is -2.51. The van der Waals surface area contributed by atoms with Gasteiger partial charge in [-0.1, -0.05) is 6.92 Å². The van der Waals surface area contributed by atoms with Gasteiger partial charge in [0.25, 0.3) is 5.91 Å². The predicted molar refractivity (Wildman–Crippen MR) is 71.3 cm³/mol. The number of hydrogen-bond donors (Lipinski definition) is 1. The van der Waals surface area contributed by atoms with Crippen LogP contribution in [0, 0.1) is 12.8 Å². The number of rotatable bonds is 2. The van der Waals surface area contributed by atoms with Gasteiger partial charge in [-0.25, -0.2) is 0 Å². The molecule has 0 aromatic carbocycles. The maximum absolute atomic E-state index is 12.4. The third-order valence-electron chi connectivity index (χ3n) is 3.57. The van der Waals surface area contributed by atoms with Crippen molar-refractivity contribution in [2.45, 2.75) is 32.7 Å². The molecule has 2 N–H and O–H groups in total. The summed E-state index contributed by atoms with van der Waals surface area (Å²) in [6.07, 6.45) is 2.27. The lowest BCUT2D eigenvalue weighted by molar-refractivity contribution is 0.0537. The fourth-order valence-electron chi connectivity index (χ4n) is 2.55. The molecule has 2 unspecified atom stereocenters. The number of carbonyl (C=O) groups excluding carboxylic acids is 1. The highest BCUT2D eigenvalue weighted by atomic mass is 32.1. The van der Waals surface area contributed by atoms with E-state index in [1.807, 2.05) is 24.0 Å². The summed E-state index contributed by atoms with van der Waals surface area (Å²) in [4.78, 5) is 16.4. The van der Waals surface area contributed by atoms with Crippen LogP contribution < -0.4 is 5.73 Å². The van der Waals surface area contributed by atoms with Crippen LogP contribution in [-0.2, 0) is 0 Å². The Bertz CT molecular complexity index is 402. The van der Waals surface area contributed by atoms with Crippen LogP contribution in [0.5, 0.6) is 0 Å². The van der Waals surface area contributed by atoms with E-state index in [0.29, 0.717) is 12.5 Å². The van der Waals surface area contributed by atoms with Crippen molar-refractivity contribution in [3.63, 3.8) is 0 Å². The molecule has 0 aliphatic carbocycles. The maximum Gasteiger partial charge on any atom is 0.264 e. The van der Waals surface area contributed by atoms with E-state index in [1.165, 1.54) is 11.3 Å². The zero-order chi connectivity index (χ0) is 12.4. The number of hydrogen-bond acceptors (Lipinski definition) is 3. The monoisotopic (exact) mass is 252 g/mol. The average molecular weight is 252 g/mol. The van der Waals surface area contributed by atoms with Crippen molar-refractivity contribution in [2.24, 2.45) is 11.7 Å². The highest BCUT2D eigenvalue weighted by molar-refractivity contribution is 7.13. The zero-order valence-electron chi connectivity index (χ0n) is 10.5. The van der Waals surface area contributed by atoms with E-state index >= 15 is 0 Å². The first-order valence-corrected chi connectivity index (χ1v) is 7.02. The van der Waals surface area contributed by atoms with Crippen LogP contribution in [0.15, 0.2) is 12.1 Å². The van der Waals surface area contributed by atoms with Crippen molar-refractivity contribution in [2.75, 3.05) is 13.1 Å². The van der Waals surface area contributed by atoms with Crippen LogP contribution in [0.2, 0.25) is 0 Å². The first-order chi connectivity index (χ1) is 8.13. The lowest BCUT2D eigenvalue weighted by atomic mass is 9.90. The summed E-state index contributed by atoms with van der Waals surface area (Å²) in [5.41, 5.74) is 5.81. The third kappa shape index (κ3) is 2.53. The van der Waals surface area contributed by atoms with Gasteiger partial charge in [0.2, 0.25) is 0 Å². The molecule has 2 heterocycles. The number of carbonyl (C=O) groups is 1. The molecule has 0 radical (unpaired) electrons. The molecule has 0 spiro atoms. The summed E-state index contributed by atoms with van der Waals surface area (Å²) >= 11 is 1.57. The van der Waals surface area contributed by atoms with Crippen LogP contribution >= 0.6 is 11.3 Å². The second-order valence-corrected chi connectivity index (χ2v) is 6.12. The summed E-state index contributed by atoms with van der Waals surface area (Å²) in [6.45, 7) is 5.64. The van der Waals surface area contributed by atoms with Gasteiger partial charge in [-0.15, -0.1) is 11.3 Å². The smallest absolute Gasteiger partial charge is 0.264 e. The Balaban J connectivity index is 2.17. The summed E-state index contributed by atoms with van der Waals surface area (Å²) in [5, 5.41) is 0. The summed E-state index contributed by atoms with van der Waals surface area (Å²) in [7, 11) is 0. The minimum atomic E-state index is 0.158. The van der Waals surface area contributed by atoms with E-state index in [1.54, 1.807) is 11.3 Å². The Morgan fingerprint density at radius 2 is 2.35 bits per heavy atom. The first-order valence-electron chi connectivity index (χ1n) is 6.21. The molecular weight excluding hydrogens is 232 g/mol. The standard InChI is InChI=1S/C13H20N2OS/c1-9-4-3-7-15(11(9)8-14)13(16)12-6-5-10(2)17-12/h5-6,9,11H,3-4,7-8,14H2,1-2H3. The van der Waals surface area contributed by atoms with Gasteiger partial charge in [-0.2, -0.15) is 0 Å². The second-order valence-electron chi connectivity index (χ2n) is 4.83. The van der Waals surface area contributed by atoms with Gasteiger partial charge in [0.05, 0.1) is 4.88 Å². The Hall–Kier alpha value is -0.870. The SMILES string of the molecule is Cc1ccc(C(=O)N2CCCC(C)C2CN)s1. The molecule has 3 nitrogen and oxygen atoms in total. The van der Waals surface area contributed by atoms with E-state index in [9.17, 15) is 4.79 Å². The van der Waals surface area contributed by atoms with Crippen molar-refractivity contribution in [1.82, 2.24) is 4.90 Å². The molecule has 1 aliphatic rings. The number of nitrogens with two attached hydrogens (primary N) is 1. The largest absolute Gasteiger partial charge is 0.333 e. The molecule has 2 atom stereocenters. The van der Waals surface area contributed by atoms with Gasteiger partial charge in [0, 0.05) is 24.0 Å². The Kier molecular flexibility index (Phi) is 3.84. The minimum Gasteiger partial charge on any atom is -0.333 e. The van der Waals surface area contributed by atoms with E-state index in [2.05, 4.69) is 6.92 Å². The molecule has 1 saturated heterocycles. The molecule has 2 rings (SSSR count). The molecule has 94 valence electrons. The topological polar surface area (TPSA) is 46.3 Å². The minimum absolute atomic E-state index is 0.158. The van der Waals surface area contributed by atoms with Crippen molar-refractivity contribution < 1.29 is 4.79 Å². The highest BCUT2D eigenvalue weighted by Gasteiger charge is 2.31. The fourth-order valence-corrected chi connectivity index (χ4v) is 3.38. The Morgan fingerprint density at radius 3 is 2.94 bits per heavy atom. The van der Waals surface area contributed by atoms with Gasteiger partial charge in [-0.05, 0) is 37.8 Å². The van der Waals surface area contributed by atoms with E-state index in [0.717, 1.165) is 17.8 Å². The Labute approximate surface area is 107 Å². The van der Waals surface area contributed by atoms with Crippen molar-refractivity contribution in [3.8, 4) is 0 Å². The molecule has 4 heteroatoms. The average Bonchev–Trinajstić information content (AvgIpc) is 2.74. The predicted octanol–water partition coefficient (Wildman–Crippen LogP) is 2.26. The fraction of sp³-hybridized carbons (Fsp3) is 0.615. The molecule has 0 bridgehead atoms. The molecule has 1 amide bonds. The molecule has 0 saturated carbocycles. The molecule has 1 aromatic rings. The van der Waals surface area contributed by atoms with Crippen LogP contribution in [0.4, 0.5) is 0 Å². The quantitative estimate of drug-likeness (QED) is 0.877. The van der Waals surface area contributed by atoms with Gasteiger partial charge in [-0.3, -0.25) is 4.79 Å². The maximum atomic E-state index is 12.4. The third-order valence-corrected chi connectivity index (χ3v) is 4.56. The molecule has 1 aliphatic heterocycles. The van der Waals surface area contributed by atoms with Crippen LogP contribution in [0.1, 0.15) is 34.3 Å². The van der Waals surface area contributed by atoms with Crippen molar-refractivity contribution in [1.29, 1.82) is 0 Å². The van der Waals surface area contributed by atoms with Gasteiger partial charge < -0.3 is 10.6 Å². The van der Waals surface area contributed by atoms with E-state index in [-0.39, 0.29) is 11.9 Å². The summed E-state index contributed by atoms with van der Waals surface area (Å²) in [5.74, 6) is 0.670. The molecule has 1 aromatic heterocycles. The highest BCUT2D eigenvalue weighted by Crippen LogP contribution is 2.26. The number of amides is 1. The summed E-state index contributed by atoms with van der Waals surface area (Å²) < 4.78 is 0. The van der Waals surface area contributed by atoms with E-state index < -0.39 is 0 Å². The first kappa shape index (κ1) is 12.6. The number of thiophene rings is 1. The number of likely N-dealkylation sites (tertiary alicyclic amines) is 1. The van der Waals surface area contributed by atoms with E-state index in [4.69, 9.17) is 5.73 Å². The van der Waals surface area contributed by atoms with Gasteiger partial charge in [0.1, 0.15) is 0 Å². The van der Waals surface area contributed by atoms with Gasteiger partial charge >= 0.3 is 0 Å². The van der Waals surface area contributed by atoms with Crippen molar-refractivity contribution >= 4 is 17.2 Å². The normalized spacial score (nSPS) is 25.0. The van der Waals surface area contributed by atoms with Crippen LogP contribution in [0.25, 0.3) is 0 Å². The second kappa shape index (κ2) is 5.19. The molecular formula is C13H20N2OS. The van der Waals surface area contributed by atoms with Crippen LogP contribution in [0.3, 0.4) is 0 Å². The number of nitrogens with zero attached hydrogens (tertiary/aromatic N) is 1. The summed E-state index contributed by atoms with van der Waals surface area (Å²) in [6, 6.07) is 4.14. The molecule has 1 fully saturated rings.